The van der Waals surface area contributed by atoms with Crippen molar-refractivity contribution in [2.24, 2.45) is 0 Å². The Morgan fingerprint density at radius 2 is 1.90 bits per heavy atom. The zero-order valence-corrected chi connectivity index (χ0v) is 18.6. The van der Waals surface area contributed by atoms with Gasteiger partial charge in [0.2, 0.25) is 5.89 Å². The molecule has 162 valence electrons. The number of nitrogens with one attached hydrogen (secondary N) is 1. The topological polar surface area (TPSA) is 94.3 Å². The van der Waals surface area contributed by atoms with E-state index in [-0.39, 0.29) is 18.6 Å². The van der Waals surface area contributed by atoms with Crippen LogP contribution in [0.4, 0.5) is 0 Å². The fraction of sp³-hybridized carbons (Fsp3) is 0.304. The van der Waals surface area contributed by atoms with Crippen molar-refractivity contribution in [2.45, 2.75) is 43.9 Å². The SMILES string of the molecule is CCc1ccc(C(C)NC(=O)COC(=O)c2ccccc2SCc2nc(C)no2)cc1. The summed E-state index contributed by atoms with van der Waals surface area (Å²) < 4.78 is 10.3. The van der Waals surface area contributed by atoms with Crippen molar-refractivity contribution in [3.63, 3.8) is 0 Å². The van der Waals surface area contributed by atoms with E-state index in [1.165, 1.54) is 17.3 Å². The van der Waals surface area contributed by atoms with Crippen molar-refractivity contribution < 1.29 is 18.8 Å². The summed E-state index contributed by atoms with van der Waals surface area (Å²) >= 11 is 1.39. The molecule has 0 aliphatic heterocycles. The van der Waals surface area contributed by atoms with Gasteiger partial charge in [0.15, 0.2) is 12.4 Å². The Morgan fingerprint density at radius 1 is 1.16 bits per heavy atom. The van der Waals surface area contributed by atoms with E-state index in [0.29, 0.717) is 27.9 Å². The first-order chi connectivity index (χ1) is 15.0. The number of carbonyl (C=O) groups excluding carboxylic acids is 2. The number of benzene rings is 2. The van der Waals surface area contributed by atoms with E-state index in [4.69, 9.17) is 9.26 Å². The average Bonchev–Trinajstić information content (AvgIpc) is 3.21. The van der Waals surface area contributed by atoms with Gasteiger partial charge >= 0.3 is 5.97 Å². The smallest absolute Gasteiger partial charge is 0.339 e. The molecule has 1 atom stereocenters. The zero-order chi connectivity index (χ0) is 22.2. The Labute approximate surface area is 185 Å². The quantitative estimate of drug-likeness (QED) is 0.393. The van der Waals surface area contributed by atoms with Crippen LogP contribution < -0.4 is 5.32 Å². The molecule has 0 fully saturated rings. The molecule has 0 aliphatic rings. The maximum Gasteiger partial charge on any atom is 0.339 e. The summed E-state index contributed by atoms with van der Waals surface area (Å²) in [5.41, 5.74) is 2.62. The third-order valence-corrected chi connectivity index (χ3v) is 5.69. The molecular formula is C23H25N3O4S. The van der Waals surface area contributed by atoms with Gasteiger partial charge in [-0.15, -0.1) is 11.8 Å². The fourth-order valence-electron chi connectivity index (χ4n) is 2.92. The minimum absolute atomic E-state index is 0.183. The average molecular weight is 440 g/mol. The molecule has 1 heterocycles. The molecule has 0 saturated carbocycles. The number of nitrogens with zero attached hydrogens (tertiary/aromatic N) is 2. The third-order valence-electron chi connectivity index (χ3n) is 4.63. The van der Waals surface area contributed by atoms with Crippen molar-refractivity contribution >= 4 is 23.6 Å². The number of carbonyl (C=O) groups is 2. The summed E-state index contributed by atoms with van der Waals surface area (Å²) in [5.74, 6) is 0.558. The van der Waals surface area contributed by atoms with Crippen LogP contribution in [0.3, 0.4) is 0 Å². The number of hydrogen-bond acceptors (Lipinski definition) is 7. The zero-order valence-electron chi connectivity index (χ0n) is 17.8. The molecule has 1 aromatic heterocycles. The molecule has 2 aromatic carbocycles. The Morgan fingerprint density at radius 3 is 2.58 bits per heavy atom. The Kier molecular flexibility index (Phi) is 7.83. The van der Waals surface area contributed by atoms with Gasteiger partial charge in [-0.3, -0.25) is 4.79 Å². The van der Waals surface area contributed by atoms with Crippen molar-refractivity contribution in [3.8, 4) is 0 Å². The maximum atomic E-state index is 12.5. The number of hydrogen-bond donors (Lipinski definition) is 1. The van der Waals surface area contributed by atoms with Gasteiger partial charge in [-0.2, -0.15) is 4.98 Å². The number of aromatic nitrogens is 2. The second-order valence-corrected chi connectivity index (χ2v) is 8.00. The van der Waals surface area contributed by atoms with Gasteiger partial charge < -0.3 is 14.6 Å². The molecule has 0 saturated heterocycles. The lowest BCUT2D eigenvalue weighted by molar-refractivity contribution is -0.124. The Hall–Kier alpha value is -3.13. The highest BCUT2D eigenvalue weighted by molar-refractivity contribution is 7.98. The molecular weight excluding hydrogens is 414 g/mol. The lowest BCUT2D eigenvalue weighted by Crippen LogP contribution is -2.31. The van der Waals surface area contributed by atoms with Crippen LogP contribution in [0.5, 0.6) is 0 Å². The Bertz CT molecular complexity index is 1030. The number of esters is 1. The number of amides is 1. The van der Waals surface area contributed by atoms with Gasteiger partial charge in [-0.1, -0.05) is 48.5 Å². The lowest BCUT2D eigenvalue weighted by Gasteiger charge is -2.15. The number of aryl methyl sites for hydroxylation is 2. The first-order valence-corrected chi connectivity index (χ1v) is 11.0. The van der Waals surface area contributed by atoms with Crippen molar-refractivity contribution in [1.82, 2.24) is 15.5 Å². The first kappa shape index (κ1) is 22.6. The highest BCUT2D eigenvalue weighted by Gasteiger charge is 2.17. The van der Waals surface area contributed by atoms with E-state index in [9.17, 15) is 9.59 Å². The van der Waals surface area contributed by atoms with Crippen molar-refractivity contribution in [3.05, 3.63) is 76.9 Å². The molecule has 0 bridgehead atoms. The monoisotopic (exact) mass is 439 g/mol. The number of rotatable bonds is 9. The van der Waals surface area contributed by atoms with Gasteiger partial charge in [0.25, 0.3) is 5.91 Å². The van der Waals surface area contributed by atoms with E-state index < -0.39 is 5.97 Å². The molecule has 3 rings (SSSR count). The van der Waals surface area contributed by atoms with E-state index in [1.54, 1.807) is 19.1 Å². The van der Waals surface area contributed by atoms with Crippen molar-refractivity contribution in [2.75, 3.05) is 6.61 Å². The molecule has 1 unspecified atom stereocenters. The lowest BCUT2D eigenvalue weighted by atomic mass is 10.1. The fourth-order valence-corrected chi connectivity index (χ4v) is 3.79. The number of thioether (sulfide) groups is 1. The molecule has 1 N–H and O–H groups in total. The molecule has 0 radical (unpaired) electrons. The minimum atomic E-state index is -0.556. The van der Waals surface area contributed by atoms with E-state index in [2.05, 4.69) is 22.4 Å². The summed E-state index contributed by atoms with van der Waals surface area (Å²) in [4.78, 5) is 29.7. The molecule has 31 heavy (non-hydrogen) atoms. The van der Waals surface area contributed by atoms with E-state index >= 15 is 0 Å². The highest BCUT2D eigenvalue weighted by Crippen LogP contribution is 2.26. The predicted octanol–water partition coefficient (Wildman–Crippen LogP) is 4.27. The molecule has 3 aromatic rings. The van der Waals surface area contributed by atoms with Crippen LogP contribution in [0.1, 0.15) is 53.1 Å². The third kappa shape index (κ3) is 6.42. The molecule has 8 heteroatoms. The minimum Gasteiger partial charge on any atom is -0.452 e. The van der Waals surface area contributed by atoms with Gasteiger partial charge in [-0.05, 0) is 43.5 Å². The second kappa shape index (κ2) is 10.8. The van der Waals surface area contributed by atoms with Crippen LogP contribution in [-0.2, 0) is 21.7 Å². The Balaban J connectivity index is 1.53. The number of ether oxygens (including phenoxy) is 1. The van der Waals surface area contributed by atoms with Gasteiger partial charge in [0.1, 0.15) is 0 Å². The summed E-state index contributed by atoms with van der Waals surface area (Å²) in [6.45, 7) is 5.39. The summed E-state index contributed by atoms with van der Waals surface area (Å²) in [6.07, 6.45) is 0.964. The molecule has 1 amide bonds. The van der Waals surface area contributed by atoms with Crippen LogP contribution >= 0.6 is 11.8 Å². The van der Waals surface area contributed by atoms with Crippen LogP contribution in [0, 0.1) is 6.92 Å². The molecule has 7 nitrogen and oxygen atoms in total. The summed E-state index contributed by atoms with van der Waals surface area (Å²) in [6, 6.07) is 15.0. The van der Waals surface area contributed by atoms with Crippen LogP contribution in [0.25, 0.3) is 0 Å². The van der Waals surface area contributed by atoms with E-state index in [1.807, 2.05) is 43.3 Å². The van der Waals surface area contributed by atoms with Gasteiger partial charge in [0, 0.05) is 4.90 Å². The standard InChI is InChI=1S/C23H25N3O4S/c1-4-17-9-11-18(12-10-17)15(2)24-21(27)13-29-23(28)19-7-5-6-8-20(19)31-14-22-25-16(3)26-30-22/h5-12,15H,4,13-14H2,1-3H3,(H,24,27). The predicted molar refractivity (Wildman–Crippen MR) is 118 cm³/mol. The highest BCUT2D eigenvalue weighted by atomic mass is 32.2. The van der Waals surface area contributed by atoms with Crippen LogP contribution in [0.2, 0.25) is 0 Å². The largest absolute Gasteiger partial charge is 0.452 e. The first-order valence-electron chi connectivity index (χ1n) is 10.0. The normalized spacial score (nSPS) is 11.7. The van der Waals surface area contributed by atoms with E-state index in [0.717, 1.165) is 12.0 Å². The second-order valence-electron chi connectivity index (χ2n) is 6.98. The maximum absolute atomic E-state index is 12.5. The summed E-state index contributed by atoms with van der Waals surface area (Å²) in [7, 11) is 0. The van der Waals surface area contributed by atoms with Crippen LogP contribution in [0.15, 0.2) is 57.9 Å². The molecule has 0 aliphatic carbocycles. The van der Waals surface area contributed by atoms with Gasteiger partial charge in [-0.25, -0.2) is 4.79 Å². The van der Waals surface area contributed by atoms with Crippen LogP contribution in [-0.4, -0.2) is 28.6 Å². The van der Waals surface area contributed by atoms with Gasteiger partial charge in [0.05, 0.1) is 17.4 Å². The summed E-state index contributed by atoms with van der Waals surface area (Å²) in [5, 5.41) is 6.61. The van der Waals surface area contributed by atoms with Crippen molar-refractivity contribution in [1.29, 1.82) is 0 Å². The molecule has 0 spiro atoms.